The fourth-order valence-corrected chi connectivity index (χ4v) is 7.26. The summed E-state index contributed by atoms with van der Waals surface area (Å²) < 4.78 is 22.6. The quantitative estimate of drug-likeness (QED) is 0.0331. The highest BCUT2D eigenvalue weighted by Crippen LogP contribution is 2.30. The summed E-state index contributed by atoms with van der Waals surface area (Å²) >= 11 is 0. The van der Waals surface area contributed by atoms with E-state index in [1.54, 1.807) is 6.08 Å². The summed E-state index contributed by atoms with van der Waals surface area (Å²) in [4.78, 5) is 13.1. The molecule has 9 N–H and O–H groups in total. The smallest absolute Gasteiger partial charge is 0.220 e. The lowest BCUT2D eigenvalue weighted by atomic mass is 9.97. The van der Waals surface area contributed by atoms with Crippen LogP contribution in [0.3, 0.4) is 0 Å². The van der Waals surface area contributed by atoms with Crippen molar-refractivity contribution in [2.75, 3.05) is 19.8 Å². The molecule has 2 heterocycles. The number of carbonyl (C=O) groups is 1. The van der Waals surface area contributed by atoms with Crippen LogP contribution in [0.25, 0.3) is 0 Å². The van der Waals surface area contributed by atoms with Crippen molar-refractivity contribution in [2.45, 2.75) is 222 Å². The maximum absolute atomic E-state index is 13.1. The van der Waals surface area contributed by atoms with E-state index in [0.717, 1.165) is 64.2 Å². The van der Waals surface area contributed by atoms with Crippen LogP contribution in [-0.4, -0.2) is 140 Å². The molecule has 0 saturated carbocycles. The minimum absolute atomic E-state index is 0.254. The van der Waals surface area contributed by atoms with Gasteiger partial charge in [0, 0.05) is 6.42 Å². The lowest BCUT2D eigenvalue weighted by molar-refractivity contribution is -0.359. The first-order valence-electron chi connectivity index (χ1n) is 22.7. The molecule has 0 bridgehead atoms. The zero-order chi connectivity index (χ0) is 43.3. The number of aliphatic hydroxyl groups excluding tert-OH is 8. The van der Waals surface area contributed by atoms with E-state index in [1.165, 1.54) is 57.8 Å². The van der Waals surface area contributed by atoms with E-state index in [2.05, 4.69) is 43.5 Å². The second-order valence-electron chi connectivity index (χ2n) is 16.2. The van der Waals surface area contributed by atoms with E-state index in [0.29, 0.717) is 6.42 Å². The first-order chi connectivity index (χ1) is 28.6. The van der Waals surface area contributed by atoms with Crippen molar-refractivity contribution in [2.24, 2.45) is 0 Å². The number of aliphatic hydroxyl groups is 8. The molecule has 0 aromatic rings. The molecule has 1 amide bonds. The third kappa shape index (κ3) is 21.2. The Morgan fingerprint density at radius 1 is 0.610 bits per heavy atom. The standard InChI is InChI=1S/C45H81NO13/c1-3-5-7-9-11-13-14-15-16-17-18-19-20-21-23-25-27-29-37(50)46-33(34(49)28-26-24-22-12-10-8-6-4-2)32-56-44-42(55)40(53)43(36(31-48)58-44)59-45-41(54)39(52)38(51)35(30-47)57-45/h11,13,15-16,26,28,33-36,38-45,47-49,51-55H,3-10,12,14,17-25,27,29-32H2,1-2H3,(H,46,50)/b13-11-,16-15-,28-26+. The van der Waals surface area contributed by atoms with Crippen LogP contribution >= 0.6 is 0 Å². The molecular formula is C45H81NO13. The van der Waals surface area contributed by atoms with Crippen molar-refractivity contribution in [3.05, 3.63) is 36.5 Å². The zero-order valence-corrected chi connectivity index (χ0v) is 36.0. The van der Waals surface area contributed by atoms with Crippen molar-refractivity contribution >= 4 is 5.91 Å². The van der Waals surface area contributed by atoms with Gasteiger partial charge in [0.05, 0.1) is 32.0 Å². The number of hydrogen-bond acceptors (Lipinski definition) is 13. The summed E-state index contributed by atoms with van der Waals surface area (Å²) in [6.07, 6.45) is 17.8. The van der Waals surface area contributed by atoms with Crippen molar-refractivity contribution in [3.8, 4) is 0 Å². The van der Waals surface area contributed by atoms with Crippen LogP contribution in [0.2, 0.25) is 0 Å². The van der Waals surface area contributed by atoms with Crippen LogP contribution in [0.1, 0.15) is 149 Å². The SMILES string of the molecule is CCCCC/C=C\C/C=C\CCCCCCCCCC(=O)NC(COC1OC(CO)C(OC2OC(CO)C(O)C(O)C2O)C(O)C1O)C(O)/C=C/CCCCCCCC. The van der Waals surface area contributed by atoms with Crippen molar-refractivity contribution in [1.29, 1.82) is 0 Å². The molecule has 0 aliphatic carbocycles. The average molecular weight is 844 g/mol. The second-order valence-corrected chi connectivity index (χ2v) is 16.2. The molecule has 2 fully saturated rings. The van der Waals surface area contributed by atoms with E-state index in [4.69, 9.17) is 18.9 Å². The van der Waals surface area contributed by atoms with Crippen LogP contribution in [0.5, 0.6) is 0 Å². The van der Waals surface area contributed by atoms with Crippen LogP contribution in [-0.2, 0) is 23.7 Å². The Bertz CT molecular complexity index is 1140. The largest absolute Gasteiger partial charge is 0.394 e. The van der Waals surface area contributed by atoms with Gasteiger partial charge >= 0.3 is 0 Å². The highest BCUT2D eigenvalue weighted by Gasteiger charge is 2.50. The van der Waals surface area contributed by atoms with Gasteiger partial charge < -0.3 is 65.1 Å². The molecule has 0 aromatic heterocycles. The molecule has 59 heavy (non-hydrogen) atoms. The maximum atomic E-state index is 13.1. The predicted octanol–water partition coefficient (Wildman–Crippen LogP) is 4.37. The molecular weight excluding hydrogens is 762 g/mol. The minimum Gasteiger partial charge on any atom is -0.394 e. The molecule has 2 rings (SSSR count). The second kappa shape index (κ2) is 32.9. The Labute approximate surface area is 353 Å². The Hall–Kier alpha value is -1.79. The van der Waals surface area contributed by atoms with Crippen molar-refractivity contribution in [3.63, 3.8) is 0 Å². The molecule has 0 aromatic carbocycles. The summed E-state index contributed by atoms with van der Waals surface area (Å²) in [5.74, 6) is -0.254. The lowest BCUT2D eigenvalue weighted by Crippen LogP contribution is -2.65. The first kappa shape index (κ1) is 53.3. The Morgan fingerprint density at radius 2 is 1.12 bits per heavy atom. The maximum Gasteiger partial charge on any atom is 0.220 e. The van der Waals surface area contributed by atoms with Gasteiger partial charge in [-0.15, -0.1) is 0 Å². The summed E-state index contributed by atoms with van der Waals surface area (Å²) in [5, 5.41) is 86.2. The Morgan fingerprint density at radius 3 is 1.73 bits per heavy atom. The van der Waals surface area contributed by atoms with E-state index >= 15 is 0 Å². The van der Waals surface area contributed by atoms with Gasteiger partial charge in [-0.05, 0) is 51.4 Å². The minimum atomic E-state index is -1.79. The summed E-state index contributed by atoms with van der Waals surface area (Å²) in [6, 6.07) is -0.914. The van der Waals surface area contributed by atoms with Gasteiger partial charge in [-0.25, -0.2) is 0 Å². The average Bonchev–Trinajstić information content (AvgIpc) is 3.23. The molecule has 2 saturated heterocycles. The zero-order valence-electron chi connectivity index (χ0n) is 36.0. The van der Waals surface area contributed by atoms with Gasteiger partial charge in [-0.2, -0.15) is 0 Å². The number of rotatable bonds is 33. The number of allylic oxidation sites excluding steroid dienone is 5. The van der Waals surface area contributed by atoms with Crippen LogP contribution in [0, 0.1) is 0 Å². The van der Waals surface area contributed by atoms with Gasteiger partial charge in [0.15, 0.2) is 12.6 Å². The molecule has 0 radical (unpaired) electrons. The first-order valence-corrected chi connectivity index (χ1v) is 22.7. The third-order valence-electron chi connectivity index (χ3n) is 11.1. The summed E-state index contributed by atoms with van der Waals surface area (Å²) in [7, 11) is 0. The number of ether oxygens (including phenoxy) is 4. The molecule has 12 atom stereocenters. The number of unbranched alkanes of at least 4 members (excludes halogenated alkanes) is 16. The highest BCUT2D eigenvalue weighted by atomic mass is 16.7. The van der Waals surface area contributed by atoms with Crippen LogP contribution in [0.15, 0.2) is 36.5 Å². The van der Waals surface area contributed by atoms with Crippen molar-refractivity contribution in [1.82, 2.24) is 5.32 Å². The van der Waals surface area contributed by atoms with Gasteiger partial charge in [-0.1, -0.05) is 127 Å². The van der Waals surface area contributed by atoms with E-state index < -0.39 is 86.8 Å². The molecule has 14 heteroatoms. The predicted molar refractivity (Wildman–Crippen MR) is 226 cm³/mol. The van der Waals surface area contributed by atoms with Gasteiger partial charge in [0.1, 0.15) is 48.8 Å². The fourth-order valence-electron chi connectivity index (χ4n) is 7.26. The number of carbonyl (C=O) groups excluding carboxylic acids is 1. The number of amides is 1. The lowest BCUT2D eigenvalue weighted by Gasteiger charge is -2.46. The topological polar surface area (TPSA) is 228 Å². The molecule has 12 unspecified atom stereocenters. The summed E-state index contributed by atoms with van der Waals surface area (Å²) in [6.45, 7) is 2.67. The third-order valence-corrected chi connectivity index (χ3v) is 11.1. The summed E-state index contributed by atoms with van der Waals surface area (Å²) in [5.41, 5.74) is 0. The van der Waals surface area contributed by atoms with E-state index in [-0.39, 0.29) is 18.9 Å². The van der Waals surface area contributed by atoms with E-state index in [9.17, 15) is 45.6 Å². The molecule has 2 aliphatic rings. The highest BCUT2D eigenvalue weighted by molar-refractivity contribution is 5.76. The normalized spacial score (nSPS) is 28.8. The van der Waals surface area contributed by atoms with Gasteiger partial charge in [-0.3, -0.25) is 4.79 Å². The monoisotopic (exact) mass is 844 g/mol. The number of nitrogens with one attached hydrogen (secondary N) is 1. The van der Waals surface area contributed by atoms with Crippen molar-refractivity contribution < 1.29 is 64.6 Å². The Balaban J connectivity index is 1.86. The van der Waals surface area contributed by atoms with Crippen LogP contribution < -0.4 is 5.32 Å². The molecule has 344 valence electrons. The molecule has 2 aliphatic heterocycles. The number of hydrogen-bond donors (Lipinski definition) is 9. The Kier molecular flexibility index (Phi) is 29.7. The van der Waals surface area contributed by atoms with Gasteiger partial charge in [0.2, 0.25) is 5.91 Å². The fraction of sp³-hybridized carbons (Fsp3) is 0.844. The van der Waals surface area contributed by atoms with Crippen LogP contribution in [0.4, 0.5) is 0 Å². The van der Waals surface area contributed by atoms with E-state index in [1.807, 2.05) is 6.08 Å². The molecule has 14 nitrogen and oxygen atoms in total. The molecule has 0 spiro atoms. The van der Waals surface area contributed by atoms with Gasteiger partial charge in [0.25, 0.3) is 0 Å².